The van der Waals surface area contributed by atoms with Gasteiger partial charge < -0.3 is 15.8 Å². The quantitative estimate of drug-likeness (QED) is 0.0892. The lowest BCUT2D eigenvalue weighted by atomic mass is 10.0. The van der Waals surface area contributed by atoms with Gasteiger partial charge >= 0.3 is 5.97 Å². The first-order valence-electron chi connectivity index (χ1n) is 15.3. The standard InChI is InChI=1S/C30H60N2O3/c1-3-5-6-7-8-9-10-11-12-13-14-15-16-17-18-19-20-21-22-26-29(33)32-28(25-23-24-27-31)30(34)35-4-2/h28H,3-27,31H2,1-2H3,(H,32,33)/t28-/m0/s1. The van der Waals surface area contributed by atoms with Crippen LogP contribution in [0.25, 0.3) is 0 Å². The summed E-state index contributed by atoms with van der Waals surface area (Å²) in [6, 6.07) is -0.533. The van der Waals surface area contributed by atoms with Crippen LogP contribution >= 0.6 is 0 Å². The number of hydrogen-bond acceptors (Lipinski definition) is 4. The van der Waals surface area contributed by atoms with E-state index in [9.17, 15) is 9.59 Å². The third-order valence-electron chi connectivity index (χ3n) is 6.86. The normalized spacial score (nSPS) is 12.0. The fraction of sp³-hybridized carbons (Fsp3) is 0.933. The zero-order valence-corrected chi connectivity index (χ0v) is 23.6. The molecular weight excluding hydrogens is 436 g/mol. The molecule has 0 aromatic rings. The van der Waals surface area contributed by atoms with Crippen LogP contribution in [0.5, 0.6) is 0 Å². The zero-order valence-electron chi connectivity index (χ0n) is 23.6. The Morgan fingerprint density at radius 2 is 1.06 bits per heavy atom. The molecule has 0 aliphatic heterocycles. The first-order valence-corrected chi connectivity index (χ1v) is 15.3. The highest BCUT2D eigenvalue weighted by atomic mass is 16.5. The second-order valence-corrected chi connectivity index (χ2v) is 10.3. The Hall–Kier alpha value is -1.10. The summed E-state index contributed by atoms with van der Waals surface area (Å²) < 4.78 is 5.10. The highest BCUT2D eigenvalue weighted by Crippen LogP contribution is 2.15. The second-order valence-electron chi connectivity index (χ2n) is 10.3. The maximum absolute atomic E-state index is 12.2. The molecule has 0 saturated heterocycles. The van der Waals surface area contributed by atoms with Gasteiger partial charge in [-0.25, -0.2) is 4.79 Å². The van der Waals surface area contributed by atoms with E-state index >= 15 is 0 Å². The topological polar surface area (TPSA) is 81.4 Å². The van der Waals surface area contributed by atoms with Crippen molar-refractivity contribution in [3.05, 3.63) is 0 Å². The van der Waals surface area contributed by atoms with Gasteiger partial charge in [0.15, 0.2) is 0 Å². The Bertz CT molecular complexity index is 471. The minimum atomic E-state index is -0.533. The van der Waals surface area contributed by atoms with E-state index in [0.717, 1.165) is 25.7 Å². The Kier molecular flexibility index (Phi) is 26.6. The van der Waals surface area contributed by atoms with Crippen LogP contribution in [0.3, 0.4) is 0 Å². The number of rotatable bonds is 27. The number of esters is 1. The lowest BCUT2D eigenvalue weighted by Gasteiger charge is -2.17. The van der Waals surface area contributed by atoms with Crippen molar-refractivity contribution < 1.29 is 14.3 Å². The molecule has 0 radical (unpaired) electrons. The molecule has 208 valence electrons. The van der Waals surface area contributed by atoms with Gasteiger partial charge in [-0.1, -0.05) is 122 Å². The van der Waals surface area contributed by atoms with E-state index in [1.807, 2.05) is 0 Å². The molecule has 0 aliphatic carbocycles. The summed E-state index contributed by atoms with van der Waals surface area (Å²) in [4.78, 5) is 24.3. The van der Waals surface area contributed by atoms with Crippen molar-refractivity contribution in [2.24, 2.45) is 5.73 Å². The van der Waals surface area contributed by atoms with Crippen molar-refractivity contribution >= 4 is 11.9 Å². The first-order chi connectivity index (χ1) is 17.2. The predicted octanol–water partition coefficient (Wildman–Crippen LogP) is 7.99. The largest absolute Gasteiger partial charge is 0.464 e. The summed E-state index contributed by atoms with van der Waals surface area (Å²) in [6.45, 7) is 5.00. The van der Waals surface area contributed by atoms with E-state index in [4.69, 9.17) is 10.5 Å². The Morgan fingerprint density at radius 1 is 0.629 bits per heavy atom. The molecule has 3 N–H and O–H groups in total. The van der Waals surface area contributed by atoms with Gasteiger partial charge in [-0.15, -0.1) is 0 Å². The number of ether oxygens (including phenoxy) is 1. The van der Waals surface area contributed by atoms with Crippen molar-refractivity contribution in [3.63, 3.8) is 0 Å². The molecule has 0 rings (SSSR count). The van der Waals surface area contributed by atoms with E-state index in [-0.39, 0.29) is 11.9 Å². The van der Waals surface area contributed by atoms with Crippen LogP contribution in [0, 0.1) is 0 Å². The molecule has 0 aromatic heterocycles. The van der Waals surface area contributed by atoms with E-state index in [2.05, 4.69) is 12.2 Å². The van der Waals surface area contributed by atoms with Crippen molar-refractivity contribution in [3.8, 4) is 0 Å². The SMILES string of the molecule is CCCCCCCCCCCCCCCCCCCCCC(=O)N[C@@H](CCCCN)C(=O)OCC. The number of carbonyl (C=O) groups is 2. The van der Waals surface area contributed by atoms with Crippen molar-refractivity contribution in [2.75, 3.05) is 13.2 Å². The van der Waals surface area contributed by atoms with Gasteiger partial charge in [0, 0.05) is 6.42 Å². The van der Waals surface area contributed by atoms with Crippen molar-refractivity contribution in [1.29, 1.82) is 0 Å². The van der Waals surface area contributed by atoms with Crippen LogP contribution in [0.15, 0.2) is 0 Å². The molecule has 0 heterocycles. The van der Waals surface area contributed by atoms with Crippen LogP contribution in [0.2, 0.25) is 0 Å². The Balaban J connectivity index is 3.48. The van der Waals surface area contributed by atoms with E-state index < -0.39 is 6.04 Å². The predicted molar refractivity (Wildman–Crippen MR) is 149 cm³/mol. The van der Waals surface area contributed by atoms with Crippen LogP contribution in [-0.2, 0) is 14.3 Å². The molecule has 0 saturated carbocycles. The Labute approximate surface area is 218 Å². The second kappa shape index (κ2) is 27.5. The van der Waals surface area contributed by atoms with Gasteiger partial charge in [-0.3, -0.25) is 4.79 Å². The molecule has 0 bridgehead atoms. The van der Waals surface area contributed by atoms with Gasteiger partial charge in [0.05, 0.1) is 6.61 Å². The first kappa shape index (κ1) is 33.9. The molecule has 1 amide bonds. The van der Waals surface area contributed by atoms with Gasteiger partial charge in [0.1, 0.15) is 6.04 Å². The summed E-state index contributed by atoms with van der Waals surface area (Å²) in [6.07, 6.45) is 28.3. The van der Waals surface area contributed by atoms with E-state index in [0.29, 0.717) is 26.0 Å². The van der Waals surface area contributed by atoms with E-state index in [1.54, 1.807) is 6.92 Å². The van der Waals surface area contributed by atoms with Crippen LogP contribution in [-0.4, -0.2) is 31.1 Å². The van der Waals surface area contributed by atoms with Crippen molar-refractivity contribution in [1.82, 2.24) is 5.32 Å². The third-order valence-corrected chi connectivity index (χ3v) is 6.86. The van der Waals surface area contributed by atoms with Crippen LogP contribution < -0.4 is 11.1 Å². The molecule has 0 unspecified atom stereocenters. The van der Waals surface area contributed by atoms with Crippen LogP contribution in [0.1, 0.15) is 162 Å². The number of nitrogens with two attached hydrogens (primary N) is 1. The number of hydrogen-bond donors (Lipinski definition) is 2. The van der Waals surface area contributed by atoms with Gasteiger partial charge in [-0.2, -0.15) is 0 Å². The summed E-state index contributed by atoms with van der Waals surface area (Å²) >= 11 is 0. The number of amides is 1. The number of carbonyl (C=O) groups excluding carboxylic acids is 2. The molecule has 0 aromatic carbocycles. The minimum absolute atomic E-state index is 0.0391. The lowest BCUT2D eigenvalue weighted by Crippen LogP contribution is -2.41. The van der Waals surface area contributed by atoms with Gasteiger partial charge in [-0.05, 0) is 39.2 Å². The molecule has 35 heavy (non-hydrogen) atoms. The number of nitrogens with one attached hydrogen (secondary N) is 1. The molecule has 1 atom stereocenters. The average Bonchev–Trinajstić information content (AvgIpc) is 2.85. The fourth-order valence-corrected chi connectivity index (χ4v) is 4.62. The highest BCUT2D eigenvalue weighted by Gasteiger charge is 2.21. The summed E-state index contributed by atoms with van der Waals surface area (Å²) in [7, 11) is 0. The molecule has 0 fully saturated rings. The molecular formula is C30H60N2O3. The smallest absolute Gasteiger partial charge is 0.328 e. The lowest BCUT2D eigenvalue weighted by molar-refractivity contribution is -0.147. The summed E-state index contributed by atoms with van der Waals surface area (Å²) in [5.41, 5.74) is 5.53. The van der Waals surface area contributed by atoms with Gasteiger partial charge in [0.2, 0.25) is 5.91 Å². The summed E-state index contributed by atoms with van der Waals surface area (Å²) in [5.74, 6) is -0.367. The molecule has 5 heteroatoms. The summed E-state index contributed by atoms with van der Waals surface area (Å²) in [5, 5.41) is 2.86. The fourth-order valence-electron chi connectivity index (χ4n) is 4.62. The van der Waals surface area contributed by atoms with Gasteiger partial charge in [0.25, 0.3) is 0 Å². The maximum Gasteiger partial charge on any atom is 0.328 e. The van der Waals surface area contributed by atoms with E-state index in [1.165, 1.54) is 109 Å². The average molecular weight is 497 g/mol. The zero-order chi connectivity index (χ0) is 25.8. The molecule has 5 nitrogen and oxygen atoms in total. The van der Waals surface area contributed by atoms with Crippen LogP contribution in [0.4, 0.5) is 0 Å². The third kappa shape index (κ3) is 24.4. The van der Waals surface area contributed by atoms with Crippen molar-refractivity contribution in [2.45, 2.75) is 168 Å². The highest BCUT2D eigenvalue weighted by molar-refractivity contribution is 5.84. The monoisotopic (exact) mass is 496 g/mol. The maximum atomic E-state index is 12.2. The molecule has 0 aliphatic rings. The minimum Gasteiger partial charge on any atom is -0.464 e. The molecule has 0 spiro atoms. The number of unbranched alkanes of at least 4 members (excludes halogenated alkanes) is 19. The Morgan fingerprint density at radius 3 is 1.46 bits per heavy atom.